The Hall–Kier alpha value is -2.74. The van der Waals surface area contributed by atoms with E-state index in [0.29, 0.717) is 16.4 Å². The van der Waals surface area contributed by atoms with Gasteiger partial charge in [-0.3, -0.25) is 14.4 Å². The van der Waals surface area contributed by atoms with Gasteiger partial charge in [0.05, 0.1) is 11.3 Å². The number of para-hydroxylation sites is 1. The van der Waals surface area contributed by atoms with Crippen molar-refractivity contribution in [3.05, 3.63) is 40.9 Å². The molecule has 1 aliphatic heterocycles. The number of rotatable bonds is 4. The van der Waals surface area contributed by atoms with Crippen molar-refractivity contribution < 1.29 is 14.4 Å². The van der Waals surface area contributed by atoms with Gasteiger partial charge in [-0.15, -0.1) is 11.3 Å². The van der Waals surface area contributed by atoms with E-state index in [1.807, 2.05) is 6.92 Å². The zero-order valence-electron chi connectivity index (χ0n) is 13.0. The first-order chi connectivity index (χ1) is 11.5. The summed E-state index contributed by atoms with van der Waals surface area (Å²) in [5.41, 5.74) is 0.890. The first-order valence-corrected chi connectivity index (χ1v) is 8.27. The third-order valence-corrected chi connectivity index (χ3v) is 4.41. The molecule has 0 spiro atoms. The smallest absolute Gasteiger partial charge is 0.254 e. The molecule has 24 heavy (non-hydrogen) atoms. The van der Waals surface area contributed by atoms with Crippen molar-refractivity contribution in [2.45, 2.75) is 25.8 Å². The van der Waals surface area contributed by atoms with E-state index < -0.39 is 6.04 Å². The van der Waals surface area contributed by atoms with Crippen LogP contribution in [0.1, 0.15) is 28.1 Å². The molecule has 0 fully saturated rings. The molecular formula is C16H16N4O3S. The molecule has 7 nitrogen and oxygen atoms in total. The van der Waals surface area contributed by atoms with Crippen LogP contribution >= 0.6 is 11.3 Å². The van der Waals surface area contributed by atoms with Crippen LogP contribution in [-0.2, 0) is 9.59 Å². The van der Waals surface area contributed by atoms with Crippen LogP contribution < -0.4 is 16.0 Å². The van der Waals surface area contributed by atoms with E-state index in [1.54, 1.807) is 30.5 Å². The summed E-state index contributed by atoms with van der Waals surface area (Å²) in [4.78, 5) is 41.4. The van der Waals surface area contributed by atoms with Crippen LogP contribution in [0.2, 0.25) is 0 Å². The second-order valence-corrected chi connectivity index (χ2v) is 6.66. The lowest BCUT2D eigenvalue weighted by molar-refractivity contribution is -0.118. The Kier molecular flexibility index (Phi) is 4.57. The highest BCUT2D eigenvalue weighted by Crippen LogP contribution is 2.20. The molecule has 1 aromatic heterocycles. The fraction of sp³-hybridized carbons (Fsp3) is 0.250. The number of hydrogen-bond acceptors (Lipinski definition) is 5. The predicted octanol–water partition coefficient (Wildman–Crippen LogP) is 1.92. The summed E-state index contributed by atoms with van der Waals surface area (Å²) in [6.45, 7) is 1.90. The first kappa shape index (κ1) is 16.1. The Bertz CT molecular complexity index is 802. The van der Waals surface area contributed by atoms with Gasteiger partial charge in [0.2, 0.25) is 11.8 Å². The number of carbonyl (C=O) groups is 3. The third-order valence-electron chi connectivity index (χ3n) is 3.58. The quantitative estimate of drug-likeness (QED) is 0.789. The maximum atomic E-state index is 12.2. The van der Waals surface area contributed by atoms with E-state index in [2.05, 4.69) is 20.9 Å². The lowest BCUT2D eigenvalue weighted by atomic mass is 10.1. The molecule has 3 N–H and O–H groups in total. The molecule has 3 rings (SSSR count). The minimum absolute atomic E-state index is 0.105. The van der Waals surface area contributed by atoms with Crippen molar-refractivity contribution in [1.82, 2.24) is 10.3 Å². The summed E-state index contributed by atoms with van der Waals surface area (Å²) in [6.07, 6.45) is 1.99. The van der Waals surface area contributed by atoms with E-state index in [4.69, 9.17) is 0 Å². The minimum Gasteiger partial charge on any atom is -0.340 e. The molecule has 0 saturated carbocycles. The number of carbonyl (C=O) groups excluding carboxylic acids is 3. The molecule has 0 bridgehead atoms. The van der Waals surface area contributed by atoms with E-state index in [0.717, 1.165) is 4.88 Å². The molecule has 3 amide bonds. The lowest BCUT2D eigenvalue weighted by Crippen LogP contribution is -2.41. The van der Waals surface area contributed by atoms with Gasteiger partial charge in [-0.1, -0.05) is 12.1 Å². The fourth-order valence-corrected chi connectivity index (χ4v) is 3.07. The number of amides is 3. The molecule has 1 aromatic carbocycles. The molecule has 2 aromatic rings. The molecule has 1 unspecified atom stereocenters. The number of hydrogen-bond donors (Lipinski definition) is 3. The molecular weight excluding hydrogens is 328 g/mol. The van der Waals surface area contributed by atoms with Gasteiger partial charge in [0.15, 0.2) is 5.13 Å². The van der Waals surface area contributed by atoms with Gasteiger partial charge in [-0.2, -0.15) is 0 Å². The van der Waals surface area contributed by atoms with Crippen LogP contribution in [-0.4, -0.2) is 28.7 Å². The standard InChI is InChI=1S/C16H16N4O3S/c1-9-8-17-16(24-9)20-13(21)7-6-12-15(23)18-11-5-3-2-4-10(11)14(22)19-12/h2-5,8,12H,6-7H2,1H3,(H,18,23)(H,19,22)(H,17,20,21). The average Bonchev–Trinajstić information content (AvgIpc) is 2.91. The zero-order valence-corrected chi connectivity index (χ0v) is 13.8. The summed E-state index contributed by atoms with van der Waals surface area (Å²) in [6, 6.07) is 6.04. The second kappa shape index (κ2) is 6.79. The van der Waals surface area contributed by atoms with Crippen molar-refractivity contribution in [3.63, 3.8) is 0 Å². The normalized spacial score (nSPS) is 16.6. The summed E-state index contributed by atoms with van der Waals surface area (Å²) >= 11 is 1.38. The molecule has 0 radical (unpaired) electrons. The van der Waals surface area contributed by atoms with Crippen LogP contribution in [0.3, 0.4) is 0 Å². The Morgan fingerprint density at radius 1 is 1.33 bits per heavy atom. The van der Waals surface area contributed by atoms with E-state index >= 15 is 0 Å². The number of aromatic nitrogens is 1. The largest absolute Gasteiger partial charge is 0.340 e. The van der Waals surface area contributed by atoms with Gasteiger partial charge in [-0.25, -0.2) is 4.98 Å². The van der Waals surface area contributed by atoms with Gasteiger partial charge in [0.25, 0.3) is 5.91 Å². The van der Waals surface area contributed by atoms with Crippen molar-refractivity contribution in [1.29, 1.82) is 0 Å². The summed E-state index contributed by atoms with van der Waals surface area (Å²) in [5, 5.41) is 8.59. The van der Waals surface area contributed by atoms with Crippen molar-refractivity contribution in [2.75, 3.05) is 10.6 Å². The second-order valence-electron chi connectivity index (χ2n) is 5.42. The summed E-state index contributed by atoms with van der Waals surface area (Å²) < 4.78 is 0. The molecule has 1 atom stereocenters. The number of aryl methyl sites for hydroxylation is 1. The number of thiazole rings is 1. The first-order valence-electron chi connectivity index (χ1n) is 7.46. The van der Waals surface area contributed by atoms with Crippen molar-refractivity contribution in [3.8, 4) is 0 Å². The van der Waals surface area contributed by atoms with Crippen LogP contribution in [0.25, 0.3) is 0 Å². The number of benzene rings is 1. The fourth-order valence-electron chi connectivity index (χ4n) is 2.38. The number of fused-ring (bicyclic) bond motifs is 1. The molecule has 8 heteroatoms. The SMILES string of the molecule is Cc1cnc(NC(=O)CCC2NC(=O)c3ccccc3NC2=O)s1. The molecule has 124 valence electrons. The highest BCUT2D eigenvalue weighted by molar-refractivity contribution is 7.15. The predicted molar refractivity (Wildman–Crippen MR) is 91.0 cm³/mol. The molecule has 0 saturated heterocycles. The van der Waals surface area contributed by atoms with E-state index in [-0.39, 0.29) is 30.6 Å². The summed E-state index contributed by atoms with van der Waals surface area (Å²) in [7, 11) is 0. The van der Waals surface area contributed by atoms with Crippen LogP contribution in [0, 0.1) is 6.92 Å². The number of nitrogens with zero attached hydrogens (tertiary/aromatic N) is 1. The topological polar surface area (TPSA) is 100 Å². The Morgan fingerprint density at radius 3 is 2.88 bits per heavy atom. The van der Waals surface area contributed by atoms with Crippen LogP contribution in [0.5, 0.6) is 0 Å². The van der Waals surface area contributed by atoms with Gasteiger partial charge in [0, 0.05) is 17.5 Å². The van der Waals surface area contributed by atoms with Gasteiger partial charge in [-0.05, 0) is 25.5 Å². The van der Waals surface area contributed by atoms with E-state index in [1.165, 1.54) is 11.3 Å². The van der Waals surface area contributed by atoms with Crippen molar-refractivity contribution >= 4 is 39.9 Å². The van der Waals surface area contributed by atoms with Crippen LogP contribution in [0.15, 0.2) is 30.5 Å². The summed E-state index contributed by atoms with van der Waals surface area (Å²) in [5.74, 6) is -0.899. The van der Waals surface area contributed by atoms with Gasteiger partial charge in [0.1, 0.15) is 6.04 Å². The number of nitrogens with one attached hydrogen (secondary N) is 3. The molecule has 2 heterocycles. The highest BCUT2D eigenvalue weighted by Gasteiger charge is 2.27. The third kappa shape index (κ3) is 3.60. The number of anilines is 2. The van der Waals surface area contributed by atoms with Gasteiger partial charge < -0.3 is 16.0 Å². The highest BCUT2D eigenvalue weighted by atomic mass is 32.1. The lowest BCUT2D eigenvalue weighted by Gasteiger charge is -2.13. The average molecular weight is 344 g/mol. The monoisotopic (exact) mass is 344 g/mol. The Balaban J connectivity index is 1.60. The van der Waals surface area contributed by atoms with Crippen LogP contribution in [0.4, 0.5) is 10.8 Å². The zero-order chi connectivity index (χ0) is 17.1. The molecule has 0 aliphatic carbocycles. The van der Waals surface area contributed by atoms with Gasteiger partial charge >= 0.3 is 0 Å². The Labute approximate surface area is 142 Å². The van der Waals surface area contributed by atoms with E-state index in [9.17, 15) is 14.4 Å². The Morgan fingerprint density at radius 2 is 2.12 bits per heavy atom. The minimum atomic E-state index is -0.756. The van der Waals surface area contributed by atoms with Crippen molar-refractivity contribution in [2.24, 2.45) is 0 Å². The molecule has 1 aliphatic rings. The maximum absolute atomic E-state index is 12.2. The maximum Gasteiger partial charge on any atom is 0.254 e.